The third kappa shape index (κ3) is 3.71. The normalized spacial score (nSPS) is 12.2. The molecule has 0 saturated carbocycles. The van der Waals surface area contributed by atoms with Crippen molar-refractivity contribution in [3.8, 4) is 0 Å². The molecule has 0 heterocycles. The minimum absolute atomic E-state index is 0.0517. The van der Waals surface area contributed by atoms with Crippen LogP contribution in [0.15, 0.2) is 28.7 Å². The Morgan fingerprint density at radius 1 is 1.36 bits per heavy atom. The largest absolute Gasteiger partial charge is 0.325 e. The van der Waals surface area contributed by atoms with Crippen LogP contribution in [0.25, 0.3) is 0 Å². The van der Waals surface area contributed by atoms with Gasteiger partial charge in [0.1, 0.15) is 4.83 Å². The van der Waals surface area contributed by atoms with Gasteiger partial charge in [0.05, 0.1) is 0 Å². The first-order chi connectivity index (χ1) is 6.63. The van der Waals surface area contributed by atoms with Crippen LogP contribution >= 0.6 is 47.8 Å². The van der Waals surface area contributed by atoms with E-state index in [0.717, 1.165) is 10.2 Å². The summed E-state index contributed by atoms with van der Waals surface area (Å²) in [5.41, 5.74) is 0.795. The van der Waals surface area contributed by atoms with Crippen LogP contribution in [0, 0.1) is 0 Å². The standard InChI is InChI=1S/C9H8Br3NO/c10-5-8(12)9(14)13-7-3-1-6(11)2-4-7/h1-4,8H,5H2,(H,13,14). The van der Waals surface area contributed by atoms with Crippen LogP contribution in [-0.2, 0) is 4.79 Å². The molecule has 0 aliphatic heterocycles. The number of carbonyl (C=O) groups excluding carboxylic acids is 1. The van der Waals surface area contributed by atoms with Crippen molar-refractivity contribution < 1.29 is 4.79 Å². The zero-order chi connectivity index (χ0) is 10.6. The van der Waals surface area contributed by atoms with Crippen LogP contribution in [0.2, 0.25) is 0 Å². The molecule has 1 rings (SSSR count). The van der Waals surface area contributed by atoms with Gasteiger partial charge < -0.3 is 5.32 Å². The zero-order valence-electron chi connectivity index (χ0n) is 7.14. The van der Waals surface area contributed by atoms with E-state index in [2.05, 4.69) is 53.1 Å². The number of rotatable bonds is 3. The fourth-order valence-corrected chi connectivity index (χ4v) is 1.50. The highest BCUT2D eigenvalue weighted by Crippen LogP contribution is 2.15. The summed E-state index contributed by atoms with van der Waals surface area (Å²) in [6.07, 6.45) is 0. The van der Waals surface area contributed by atoms with Gasteiger partial charge in [-0.15, -0.1) is 0 Å². The van der Waals surface area contributed by atoms with Gasteiger partial charge in [-0.2, -0.15) is 0 Å². The van der Waals surface area contributed by atoms with Gasteiger partial charge in [-0.25, -0.2) is 0 Å². The third-order valence-corrected chi connectivity index (χ3v) is 4.32. The minimum atomic E-state index is -0.203. The molecule has 0 saturated heterocycles. The molecule has 1 aromatic rings. The van der Waals surface area contributed by atoms with E-state index in [9.17, 15) is 4.79 Å². The van der Waals surface area contributed by atoms with E-state index in [4.69, 9.17) is 0 Å². The number of nitrogens with one attached hydrogen (secondary N) is 1. The van der Waals surface area contributed by atoms with Gasteiger partial charge in [0.25, 0.3) is 0 Å². The van der Waals surface area contributed by atoms with E-state index in [-0.39, 0.29) is 10.7 Å². The maximum atomic E-state index is 11.4. The summed E-state index contributed by atoms with van der Waals surface area (Å²) >= 11 is 9.80. The quantitative estimate of drug-likeness (QED) is 0.792. The molecule has 2 nitrogen and oxygen atoms in total. The van der Waals surface area contributed by atoms with Gasteiger partial charge in [0, 0.05) is 15.5 Å². The van der Waals surface area contributed by atoms with E-state index < -0.39 is 0 Å². The van der Waals surface area contributed by atoms with Crippen molar-refractivity contribution in [3.63, 3.8) is 0 Å². The van der Waals surface area contributed by atoms with Crippen LogP contribution < -0.4 is 5.32 Å². The molecular weight excluding hydrogens is 378 g/mol. The van der Waals surface area contributed by atoms with Crippen molar-refractivity contribution in [2.45, 2.75) is 4.83 Å². The summed E-state index contributed by atoms with van der Waals surface area (Å²) in [5, 5.41) is 3.38. The predicted octanol–water partition coefficient (Wildman–Crippen LogP) is 3.55. The first-order valence-electron chi connectivity index (χ1n) is 3.90. The number of anilines is 1. The Balaban J connectivity index is 2.60. The Morgan fingerprint density at radius 2 is 1.93 bits per heavy atom. The van der Waals surface area contributed by atoms with Crippen LogP contribution in [0.5, 0.6) is 0 Å². The molecule has 0 aliphatic carbocycles. The SMILES string of the molecule is O=C(Nc1ccc(Br)cc1)C(Br)CBr. The Bertz CT molecular complexity index is 312. The predicted molar refractivity (Wildman–Crippen MR) is 69.3 cm³/mol. The molecule has 1 amide bonds. The summed E-state index contributed by atoms with van der Waals surface area (Å²) in [4.78, 5) is 11.2. The Labute approximate surface area is 108 Å². The Kier molecular flexibility index (Phi) is 5.12. The number of alkyl halides is 2. The summed E-state index contributed by atoms with van der Waals surface area (Å²) in [6.45, 7) is 0. The molecule has 0 spiro atoms. The Hall–Kier alpha value is 0.130. The minimum Gasteiger partial charge on any atom is -0.325 e. The lowest BCUT2D eigenvalue weighted by Crippen LogP contribution is -2.23. The number of halogens is 3. The van der Waals surface area contributed by atoms with E-state index in [0.29, 0.717) is 5.33 Å². The molecule has 0 radical (unpaired) electrons. The van der Waals surface area contributed by atoms with Crippen LogP contribution in [0.3, 0.4) is 0 Å². The molecule has 0 aromatic heterocycles. The smallest absolute Gasteiger partial charge is 0.239 e. The van der Waals surface area contributed by atoms with Gasteiger partial charge in [-0.05, 0) is 24.3 Å². The number of amides is 1. The van der Waals surface area contributed by atoms with Gasteiger partial charge >= 0.3 is 0 Å². The number of hydrogen-bond donors (Lipinski definition) is 1. The van der Waals surface area contributed by atoms with Crippen molar-refractivity contribution in [2.75, 3.05) is 10.6 Å². The van der Waals surface area contributed by atoms with Crippen molar-refractivity contribution in [3.05, 3.63) is 28.7 Å². The first-order valence-corrected chi connectivity index (χ1v) is 6.73. The molecule has 1 N–H and O–H groups in total. The topological polar surface area (TPSA) is 29.1 Å². The fraction of sp³-hybridized carbons (Fsp3) is 0.222. The molecule has 76 valence electrons. The lowest BCUT2D eigenvalue weighted by Gasteiger charge is -2.07. The number of carbonyl (C=O) groups is 1. The van der Waals surface area contributed by atoms with Crippen molar-refractivity contribution in [2.24, 2.45) is 0 Å². The molecule has 1 unspecified atom stereocenters. The summed E-state index contributed by atoms with van der Waals surface area (Å²) in [6, 6.07) is 7.45. The molecule has 0 aliphatic rings. The second-order valence-electron chi connectivity index (χ2n) is 2.62. The van der Waals surface area contributed by atoms with Gasteiger partial charge in [-0.3, -0.25) is 4.79 Å². The van der Waals surface area contributed by atoms with Crippen LogP contribution in [0.4, 0.5) is 5.69 Å². The molecule has 14 heavy (non-hydrogen) atoms. The van der Waals surface area contributed by atoms with Gasteiger partial charge in [0.2, 0.25) is 5.91 Å². The molecule has 0 fully saturated rings. The molecular formula is C9H8Br3NO. The van der Waals surface area contributed by atoms with Crippen molar-refractivity contribution in [1.29, 1.82) is 0 Å². The second kappa shape index (κ2) is 5.88. The molecule has 5 heteroatoms. The highest BCUT2D eigenvalue weighted by atomic mass is 79.9. The Morgan fingerprint density at radius 3 is 2.43 bits per heavy atom. The highest BCUT2D eigenvalue weighted by molar-refractivity contribution is 9.12. The van der Waals surface area contributed by atoms with Crippen molar-refractivity contribution in [1.82, 2.24) is 0 Å². The lowest BCUT2D eigenvalue weighted by molar-refractivity contribution is -0.115. The summed E-state index contributed by atoms with van der Waals surface area (Å²) in [5.74, 6) is -0.0517. The number of hydrogen-bond acceptors (Lipinski definition) is 1. The monoisotopic (exact) mass is 383 g/mol. The maximum Gasteiger partial charge on any atom is 0.239 e. The molecule has 1 atom stereocenters. The molecule has 0 bridgehead atoms. The molecule has 1 aromatic carbocycles. The first kappa shape index (κ1) is 12.2. The zero-order valence-corrected chi connectivity index (χ0v) is 11.9. The van der Waals surface area contributed by atoms with Crippen LogP contribution in [-0.4, -0.2) is 16.1 Å². The van der Waals surface area contributed by atoms with Gasteiger partial charge in [-0.1, -0.05) is 47.8 Å². The van der Waals surface area contributed by atoms with E-state index in [1.165, 1.54) is 0 Å². The average Bonchev–Trinajstić information content (AvgIpc) is 2.20. The lowest BCUT2D eigenvalue weighted by atomic mass is 10.3. The van der Waals surface area contributed by atoms with E-state index >= 15 is 0 Å². The summed E-state index contributed by atoms with van der Waals surface area (Å²) in [7, 11) is 0. The highest BCUT2D eigenvalue weighted by Gasteiger charge is 2.12. The third-order valence-electron chi connectivity index (χ3n) is 1.53. The summed E-state index contributed by atoms with van der Waals surface area (Å²) < 4.78 is 0.992. The second-order valence-corrected chi connectivity index (χ2v) is 5.29. The maximum absolute atomic E-state index is 11.4. The average molecular weight is 386 g/mol. The number of benzene rings is 1. The van der Waals surface area contributed by atoms with E-state index in [1.54, 1.807) is 0 Å². The van der Waals surface area contributed by atoms with E-state index in [1.807, 2.05) is 24.3 Å². The van der Waals surface area contributed by atoms with Crippen LogP contribution in [0.1, 0.15) is 0 Å². The fourth-order valence-electron chi connectivity index (χ4n) is 0.824. The van der Waals surface area contributed by atoms with Crippen molar-refractivity contribution >= 4 is 59.4 Å². The van der Waals surface area contributed by atoms with Gasteiger partial charge in [0.15, 0.2) is 0 Å².